The molecule has 0 atom stereocenters. The van der Waals surface area contributed by atoms with Gasteiger partial charge in [-0.3, -0.25) is 0 Å². The molecule has 0 saturated heterocycles. The maximum Gasteiger partial charge on any atom is 0.165 e. The van der Waals surface area contributed by atoms with Crippen LogP contribution in [-0.4, -0.2) is 6.61 Å². The van der Waals surface area contributed by atoms with E-state index in [4.69, 9.17) is 4.74 Å². The summed E-state index contributed by atoms with van der Waals surface area (Å²) in [6, 6.07) is 13.6. The van der Waals surface area contributed by atoms with Crippen LogP contribution in [0.1, 0.15) is 58.3 Å². The molecule has 1 nitrogen and oxygen atoms in total. The van der Waals surface area contributed by atoms with Crippen LogP contribution in [0, 0.1) is 17.5 Å². The standard InChI is InChI=1S/C30H29F3OS/c1-2-3-4-5-6-7-8-9-10-34-28-16-22-18-30-24(12-20(22)15-27(28)33)23-11-19-13-25(31)26(32)14-21(19)17-29(23)35-30/h11-18H,2-10H2,1H3. The first-order valence-corrected chi connectivity index (χ1v) is 13.4. The van der Waals surface area contributed by atoms with Gasteiger partial charge >= 0.3 is 0 Å². The summed E-state index contributed by atoms with van der Waals surface area (Å²) in [5.41, 5.74) is 0. The van der Waals surface area contributed by atoms with E-state index in [1.54, 1.807) is 17.4 Å². The maximum atomic E-state index is 14.8. The van der Waals surface area contributed by atoms with E-state index in [0.717, 1.165) is 43.8 Å². The highest BCUT2D eigenvalue weighted by Gasteiger charge is 2.13. The predicted molar refractivity (Wildman–Crippen MR) is 142 cm³/mol. The van der Waals surface area contributed by atoms with Crippen LogP contribution in [0.4, 0.5) is 13.2 Å². The molecule has 0 N–H and O–H groups in total. The Morgan fingerprint density at radius 1 is 0.571 bits per heavy atom. The fourth-order valence-corrected chi connectivity index (χ4v) is 5.96. The number of unbranched alkanes of at least 4 members (excludes halogenated alkanes) is 7. The third-order valence-corrected chi connectivity index (χ3v) is 7.85. The number of halogens is 3. The molecule has 5 heteroatoms. The summed E-state index contributed by atoms with van der Waals surface area (Å²) in [7, 11) is 0. The second-order valence-corrected chi connectivity index (χ2v) is 10.4. The number of fused-ring (bicyclic) bond motifs is 5. The van der Waals surface area contributed by atoms with Gasteiger partial charge in [-0.2, -0.15) is 0 Å². The first-order chi connectivity index (χ1) is 17.0. The van der Waals surface area contributed by atoms with Crippen LogP contribution in [0.5, 0.6) is 5.75 Å². The van der Waals surface area contributed by atoms with E-state index in [1.807, 2.05) is 24.3 Å². The molecule has 0 spiro atoms. The molecule has 0 aliphatic carbocycles. The highest BCUT2D eigenvalue weighted by atomic mass is 32.1. The Morgan fingerprint density at radius 3 is 1.66 bits per heavy atom. The fourth-order valence-electron chi connectivity index (χ4n) is 4.79. The molecule has 1 heterocycles. The molecule has 0 unspecified atom stereocenters. The van der Waals surface area contributed by atoms with Crippen LogP contribution in [0.25, 0.3) is 41.7 Å². The van der Waals surface area contributed by atoms with Gasteiger partial charge in [0.2, 0.25) is 0 Å². The Hall–Kier alpha value is -2.79. The highest BCUT2D eigenvalue weighted by molar-refractivity contribution is 7.26. The van der Waals surface area contributed by atoms with E-state index in [0.29, 0.717) is 17.4 Å². The summed E-state index contributed by atoms with van der Waals surface area (Å²) >= 11 is 1.59. The summed E-state index contributed by atoms with van der Waals surface area (Å²) in [5.74, 6) is -1.78. The zero-order chi connectivity index (χ0) is 24.4. The average molecular weight is 495 g/mol. The number of benzene rings is 4. The Balaban J connectivity index is 1.35. The lowest BCUT2D eigenvalue weighted by Crippen LogP contribution is -1.99. The Kier molecular flexibility index (Phi) is 7.14. The monoisotopic (exact) mass is 494 g/mol. The van der Waals surface area contributed by atoms with Gasteiger partial charge in [-0.1, -0.05) is 51.9 Å². The summed E-state index contributed by atoms with van der Waals surface area (Å²) in [6.45, 7) is 2.74. The molecule has 0 amide bonds. The SMILES string of the molecule is CCCCCCCCCCOc1cc2cc3sc4cc5cc(F)c(F)cc5cc4c3cc2cc1F. The van der Waals surface area contributed by atoms with E-state index >= 15 is 0 Å². The minimum Gasteiger partial charge on any atom is -0.490 e. The van der Waals surface area contributed by atoms with Crippen LogP contribution in [0.15, 0.2) is 48.5 Å². The van der Waals surface area contributed by atoms with Crippen molar-refractivity contribution >= 4 is 53.1 Å². The van der Waals surface area contributed by atoms with Crippen molar-refractivity contribution in [1.82, 2.24) is 0 Å². The van der Waals surface area contributed by atoms with Crippen molar-refractivity contribution in [3.05, 3.63) is 66.0 Å². The normalized spacial score (nSPS) is 11.9. The number of hydrogen-bond acceptors (Lipinski definition) is 2. The van der Waals surface area contributed by atoms with E-state index in [1.165, 1.54) is 56.7 Å². The maximum absolute atomic E-state index is 14.8. The second-order valence-electron chi connectivity index (χ2n) is 9.37. The lowest BCUT2D eigenvalue weighted by atomic mass is 10.0. The van der Waals surface area contributed by atoms with E-state index in [9.17, 15) is 13.2 Å². The largest absolute Gasteiger partial charge is 0.490 e. The van der Waals surface area contributed by atoms with Crippen molar-refractivity contribution in [2.24, 2.45) is 0 Å². The number of hydrogen-bond donors (Lipinski definition) is 0. The van der Waals surface area contributed by atoms with Crippen molar-refractivity contribution < 1.29 is 17.9 Å². The van der Waals surface area contributed by atoms with Gasteiger partial charge in [-0.15, -0.1) is 11.3 Å². The van der Waals surface area contributed by atoms with E-state index < -0.39 is 11.6 Å². The average Bonchev–Trinajstić information content (AvgIpc) is 3.17. The quantitative estimate of drug-likeness (QED) is 0.175. The van der Waals surface area contributed by atoms with Crippen LogP contribution in [0.3, 0.4) is 0 Å². The molecule has 5 aromatic rings. The highest BCUT2D eigenvalue weighted by Crippen LogP contribution is 2.39. The molecule has 182 valence electrons. The van der Waals surface area contributed by atoms with Crippen LogP contribution in [-0.2, 0) is 0 Å². The number of rotatable bonds is 10. The zero-order valence-electron chi connectivity index (χ0n) is 19.9. The summed E-state index contributed by atoms with van der Waals surface area (Å²) < 4.78 is 50.1. The molecule has 0 fully saturated rings. The first-order valence-electron chi connectivity index (χ1n) is 12.5. The molecule has 35 heavy (non-hydrogen) atoms. The van der Waals surface area contributed by atoms with Gasteiger partial charge in [0.25, 0.3) is 0 Å². The molecule has 0 aliphatic rings. The van der Waals surface area contributed by atoms with Gasteiger partial charge in [0, 0.05) is 20.2 Å². The van der Waals surface area contributed by atoms with Crippen LogP contribution in [0.2, 0.25) is 0 Å². The predicted octanol–water partition coefficient (Wildman–Crippen LogP) is 10.3. The summed E-state index contributed by atoms with van der Waals surface area (Å²) in [4.78, 5) is 0. The fraction of sp³-hybridized carbons (Fsp3) is 0.333. The van der Waals surface area contributed by atoms with Gasteiger partial charge in [0.05, 0.1) is 6.61 Å². The third kappa shape index (κ3) is 5.11. The number of ether oxygens (including phenoxy) is 1. The molecule has 0 saturated carbocycles. The van der Waals surface area contributed by atoms with Gasteiger partial charge in [0.15, 0.2) is 23.2 Å². The number of thiophene rings is 1. The lowest BCUT2D eigenvalue weighted by Gasteiger charge is -2.09. The third-order valence-electron chi connectivity index (χ3n) is 6.73. The lowest BCUT2D eigenvalue weighted by molar-refractivity contribution is 0.290. The molecule has 5 rings (SSSR count). The van der Waals surface area contributed by atoms with Crippen molar-refractivity contribution in [3.63, 3.8) is 0 Å². The van der Waals surface area contributed by atoms with Crippen molar-refractivity contribution in [2.75, 3.05) is 6.61 Å². The summed E-state index contributed by atoms with van der Waals surface area (Å²) in [5, 5.41) is 4.96. The topological polar surface area (TPSA) is 9.23 Å². The molecule has 0 aliphatic heterocycles. The van der Waals surface area contributed by atoms with Gasteiger partial charge in [-0.25, -0.2) is 13.2 Å². The Labute approximate surface area is 207 Å². The minimum absolute atomic E-state index is 0.289. The first kappa shape index (κ1) is 23.9. The zero-order valence-corrected chi connectivity index (χ0v) is 20.7. The Morgan fingerprint density at radius 2 is 1.06 bits per heavy atom. The van der Waals surface area contributed by atoms with E-state index in [2.05, 4.69) is 6.92 Å². The summed E-state index contributed by atoms with van der Waals surface area (Å²) in [6.07, 6.45) is 9.68. The van der Waals surface area contributed by atoms with Crippen molar-refractivity contribution in [1.29, 1.82) is 0 Å². The Bertz CT molecular complexity index is 1500. The van der Waals surface area contributed by atoms with Crippen LogP contribution >= 0.6 is 11.3 Å². The van der Waals surface area contributed by atoms with Crippen molar-refractivity contribution in [2.45, 2.75) is 58.3 Å². The molecular weight excluding hydrogens is 465 g/mol. The molecular formula is C30H29F3OS. The van der Waals surface area contributed by atoms with Gasteiger partial charge in [-0.05, 0) is 76.5 Å². The molecule has 4 aromatic carbocycles. The van der Waals surface area contributed by atoms with Crippen molar-refractivity contribution in [3.8, 4) is 5.75 Å². The van der Waals surface area contributed by atoms with E-state index in [-0.39, 0.29) is 11.6 Å². The van der Waals surface area contributed by atoms with Gasteiger partial charge in [0.1, 0.15) is 0 Å². The molecule has 0 bridgehead atoms. The minimum atomic E-state index is -0.858. The smallest absolute Gasteiger partial charge is 0.165 e. The molecule has 0 radical (unpaired) electrons. The second kappa shape index (κ2) is 10.4. The van der Waals surface area contributed by atoms with Crippen LogP contribution < -0.4 is 4.74 Å². The molecule has 1 aromatic heterocycles. The van der Waals surface area contributed by atoms with Gasteiger partial charge < -0.3 is 4.74 Å².